The molecular weight excluding hydrogens is 350 g/mol. The minimum Gasteiger partial charge on any atom is -0.493 e. The van der Waals surface area contributed by atoms with Crippen LogP contribution in [0.25, 0.3) is 10.2 Å². The number of nitrogens with one attached hydrogen (secondary N) is 2. The second kappa shape index (κ2) is 6.94. The third-order valence-electron chi connectivity index (χ3n) is 3.30. The lowest BCUT2D eigenvalue weighted by Gasteiger charge is -2.12. The Balaban J connectivity index is 1.79. The summed E-state index contributed by atoms with van der Waals surface area (Å²) in [4.78, 5) is 16.7. The number of hydrogen-bond donors (Lipinski definition) is 2. The first-order chi connectivity index (χ1) is 11.6. The second-order valence-electron chi connectivity index (χ2n) is 4.73. The molecule has 0 unspecified atom stereocenters. The maximum atomic E-state index is 12.4. The van der Waals surface area contributed by atoms with Gasteiger partial charge in [0.05, 0.1) is 29.5 Å². The van der Waals surface area contributed by atoms with Gasteiger partial charge in [-0.15, -0.1) is 0 Å². The smallest absolute Gasteiger partial charge is 0.273 e. The number of aromatic nitrogens is 1. The van der Waals surface area contributed by atoms with E-state index in [-0.39, 0.29) is 5.91 Å². The number of ether oxygens (including phenoxy) is 2. The predicted molar refractivity (Wildman–Crippen MR) is 95.3 cm³/mol. The zero-order chi connectivity index (χ0) is 17.1. The molecule has 2 aromatic carbocycles. The van der Waals surface area contributed by atoms with Crippen LogP contribution in [0.3, 0.4) is 0 Å². The van der Waals surface area contributed by atoms with Gasteiger partial charge in [0, 0.05) is 0 Å². The number of fused-ring (bicyclic) bond motifs is 1. The molecule has 2 N–H and O–H groups in total. The lowest BCUT2D eigenvalue weighted by molar-refractivity contribution is 0.0959. The van der Waals surface area contributed by atoms with E-state index in [9.17, 15) is 4.79 Å². The minimum atomic E-state index is -0.365. The zero-order valence-corrected chi connectivity index (χ0v) is 14.5. The van der Waals surface area contributed by atoms with Crippen molar-refractivity contribution in [1.82, 2.24) is 10.4 Å². The van der Waals surface area contributed by atoms with Crippen LogP contribution in [0.2, 0.25) is 5.02 Å². The van der Waals surface area contributed by atoms with Crippen molar-refractivity contribution in [3.63, 3.8) is 0 Å². The fraction of sp³-hybridized carbons (Fsp3) is 0.125. The number of hydrogen-bond acceptors (Lipinski definition) is 6. The maximum absolute atomic E-state index is 12.4. The minimum absolute atomic E-state index is 0.350. The number of carbonyl (C=O) groups is 1. The van der Waals surface area contributed by atoms with Crippen LogP contribution in [0.5, 0.6) is 11.5 Å². The summed E-state index contributed by atoms with van der Waals surface area (Å²) in [6.45, 7) is 0. The zero-order valence-electron chi connectivity index (χ0n) is 12.9. The molecule has 0 aliphatic rings. The molecule has 1 heterocycles. The van der Waals surface area contributed by atoms with Crippen molar-refractivity contribution in [3.05, 3.63) is 47.0 Å². The Morgan fingerprint density at radius 2 is 1.96 bits per heavy atom. The number of nitrogens with zero attached hydrogens (tertiary/aromatic N) is 1. The van der Waals surface area contributed by atoms with Crippen molar-refractivity contribution in [2.75, 3.05) is 19.6 Å². The van der Waals surface area contributed by atoms with Gasteiger partial charge in [-0.05, 0) is 24.3 Å². The number of para-hydroxylation sites is 2. The molecule has 0 bridgehead atoms. The molecular formula is C16H14ClN3O3S. The molecule has 24 heavy (non-hydrogen) atoms. The molecule has 0 spiro atoms. The number of methoxy groups -OCH3 is 2. The fourth-order valence-electron chi connectivity index (χ4n) is 2.21. The van der Waals surface area contributed by atoms with Crippen molar-refractivity contribution < 1.29 is 14.3 Å². The van der Waals surface area contributed by atoms with Crippen LogP contribution < -0.4 is 20.3 Å². The van der Waals surface area contributed by atoms with E-state index >= 15 is 0 Å². The summed E-state index contributed by atoms with van der Waals surface area (Å²) in [5, 5.41) is 1.10. The van der Waals surface area contributed by atoms with Crippen molar-refractivity contribution in [2.45, 2.75) is 0 Å². The Hall–Kier alpha value is -2.51. The van der Waals surface area contributed by atoms with E-state index in [4.69, 9.17) is 21.1 Å². The van der Waals surface area contributed by atoms with Gasteiger partial charge in [-0.25, -0.2) is 4.98 Å². The van der Waals surface area contributed by atoms with Crippen molar-refractivity contribution in [3.8, 4) is 11.5 Å². The number of amides is 1. The van der Waals surface area contributed by atoms with Gasteiger partial charge >= 0.3 is 0 Å². The molecule has 8 heteroatoms. The average molecular weight is 364 g/mol. The number of carbonyl (C=O) groups excluding carboxylic acids is 1. The number of anilines is 1. The van der Waals surface area contributed by atoms with Gasteiger partial charge in [-0.3, -0.25) is 15.6 Å². The van der Waals surface area contributed by atoms with Gasteiger partial charge in [0.2, 0.25) is 5.13 Å². The lowest BCUT2D eigenvalue weighted by Crippen LogP contribution is -2.29. The van der Waals surface area contributed by atoms with Crippen LogP contribution >= 0.6 is 22.9 Å². The van der Waals surface area contributed by atoms with Gasteiger partial charge < -0.3 is 9.47 Å². The van der Waals surface area contributed by atoms with E-state index in [1.54, 1.807) is 24.3 Å². The highest BCUT2D eigenvalue weighted by Crippen LogP contribution is 2.32. The Labute approximate surface area is 147 Å². The molecule has 0 radical (unpaired) electrons. The molecule has 0 aliphatic carbocycles. The van der Waals surface area contributed by atoms with Crippen LogP contribution in [0.1, 0.15) is 10.4 Å². The third kappa shape index (κ3) is 3.08. The number of thiazole rings is 1. The molecule has 0 aliphatic heterocycles. The van der Waals surface area contributed by atoms with Gasteiger partial charge in [-0.2, -0.15) is 0 Å². The lowest BCUT2D eigenvalue weighted by atomic mass is 10.2. The van der Waals surface area contributed by atoms with E-state index in [1.807, 2.05) is 12.1 Å². The highest BCUT2D eigenvalue weighted by Gasteiger charge is 2.16. The van der Waals surface area contributed by atoms with Crippen molar-refractivity contribution >= 4 is 44.2 Å². The van der Waals surface area contributed by atoms with Gasteiger partial charge in [0.1, 0.15) is 5.52 Å². The van der Waals surface area contributed by atoms with E-state index in [2.05, 4.69) is 15.8 Å². The summed E-state index contributed by atoms with van der Waals surface area (Å²) in [5.41, 5.74) is 6.45. The fourth-order valence-corrected chi connectivity index (χ4v) is 3.33. The second-order valence-corrected chi connectivity index (χ2v) is 6.16. The maximum Gasteiger partial charge on any atom is 0.273 e. The van der Waals surface area contributed by atoms with Gasteiger partial charge in [-0.1, -0.05) is 35.1 Å². The Kier molecular flexibility index (Phi) is 4.73. The molecule has 6 nitrogen and oxygen atoms in total. The third-order valence-corrected chi connectivity index (χ3v) is 4.54. The van der Waals surface area contributed by atoms with Gasteiger partial charge in [0.15, 0.2) is 11.5 Å². The topological polar surface area (TPSA) is 72.5 Å². The van der Waals surface area contributed by atoms with Crippen LogP contribution in [0, 0.1) is 0 Å². The first-order valence-electron chi connectivity index (χ1n) is 6.96. The van der Waals surface area contributed by atoms with Crippen LogP contribution in [0.15, 0.2) is 36.4 Å². The highest BCUT2D eigenvalue weighted by atomic mass is 35.5. The van der Waals surface area contributed by atoms with Gasteiger partial charge in [0.25, 0.3) is 5.91 Å². The first kappa shape index (κ1) is 16.4. The highest BCUT2D eigenvalue weighted by molar-refractivity contribution is 7.22. The Morgan fingerprint density at radius 1 is 1.17 bits per heavy atom. The SMILES string of the molecule is COc1cccc(C(=O)NNc2nc3c(Cl)cccc3s2)c1OC. The van der Waals surface area contributed by atoms with E-state index < -0.39 is 0 Å². The Morgan fingerprint density at radius 3 is 2.67 bits per heavy atom. The summed E-state index contributed by atoms with van der Waals surface area (Å²) < 4.78 is 11.4. The molecule has 0 saturated carbocycles. The number of halogens is 1. The molecule has 3 aromatic rings. The largest absolute Gasteiger partial charge is 0.493 e. The number of rotatable bonds is 5. The van der Waals surface area contributed by atoms with Crippen molar-refractivity contribution in [1.29, 1.82) is 0 Å². The Bertz CT molecular complexity index is 897. The van der Waals surface area contributed by atoms with E-state index in [0.29, 0.717) is 32.7 Å². The predicted octanol–water partition coefficient (Wildman–Crippen LogP) is 3.72. The standard InChI is InChI=1S/C16H14ClN3O3S/c1-22-11-7-3-5-9(14(11)23-2)15(21)19-20-16-18-13-10(17)6-4-8-12(13)24-16/h3-8H,1-2H3,(H,18,20)(H,19,21). The molecule has 124 valence electrons. The normalized spacial score (nSPS) is 10.5. The average Bonchev–Trinajstić information content (AvgIpc) is 3.03. The molecule has 1 amide bonds. The first-order valence-corrected chi connectivity index (χ1v) is 8.16. The summed E-state index contributed by atoms with van der Waals surface area (Å²) in [6.07, 6.45) is 0. The summed E-state index contributed by atoms with van der Waals surface area (Å²) in [6, 6.07) is 10.6. The van der Waals surface area contributed by atoms with E-state index in [0.717, 1.165) is 4.70 Å². The number of benzene rings is 2. The monoisotopic (exact) mass is 363 g/mol. The van der Waals surface area contributed by atoms with Crippen molar-refractivity contribution in [2.24, 2.45) is 0 Å². The van der Waals surface area contributed by atoms with Crippen LogP contribution in [0.4, 0.5) is 5.13 Å². The quantitative estimate of drug-likeness (QED) is 0.676. The molecule has 0 fully saturated rings. The summed E-state index contributed by atoms with van der Waals surface area (Å²) >= 11 is 7.49. The van der Waals surface area contributed by atoms with Crippen LogP contribution in [-0.4, -0.2) is 25.1 Å². The summed E-state index contributed by atoms with van der Waals surface area (Å²) in [7, 11) is 3.00. The molecule has 1 aromatic heterocycles. The molecule has 3 rings (SSSR count). The van der Waals surface area contributed by atoms with E-state index in [1.165, 1.54) is 25.6 Å². The van der Waals surface area contributed by atoms with Crippen LogP contribution in [-0.2, 0) is 0 Å². The summed E-state index contributed by atoms with van der Waals surface area (Å²) in [5.74, 6) is 0.486. The molecule has 0 atom stereocenters. The molecule has 0 saturated heterocycles. The number of hydrazine groups is 1.